The van der Waals surface area contributed by atoms with Gasteiger partial charge in [-0.1, -0.05) is 6.07 Å². The zero-order valence-electron chi connectivity index (χ0n) is 10.4. The maximum absolute atomic E-state index is 13.1. The molecule has 18 heavy (non-hydrogen) atoms. The van der Waals surface area contributed by atoms with Crippen molar-refractivity contribution in [1.29, 1.82) is 0 Å². The fourth-order valence-electron chi connectivity index (χ4n) is 2.52. The molecule has 1 heterocycles. The van der Waals surface area contributed by atoms with Crippen LogP contribution in [0.1, 0.15) is 29.6 Å². The minimum Gasteiger partial charge on any atom is -0.338 e. The second-order valence-electron chi connectivity index (χ2n) is 4.85. The van der Waals surface area contributed by atoms with Crippen LogP contribution in [-0.4, -0.2) is 30.4 Å². The van der Waals surface area contributed by atoms with Gasteiger partial charge in [0.25, 0.3) is 5.91 Å². The smallest absolute Gasteiger partial charge is 0.253 e. The molecule has 2 rings (SSSR count). The largest absolute Gasteiger partial charge is 0.338 e. The van der Waals surface area contributed by atoms with Gasteiger partial charge in [-0.05, 0) is 49.9 Å². The molecule has 0 aromatic heterocycles. The van der Waals surface area contributed by atoms with Crippen molar-refractivity contribution in [3.05, 3.63) is 35.6 Å². The number of piperidine rings is 1. The summed E-state index contributed by atoms with van der Waals surface area (Å²) in [6, 6.07) is 5.89. The van der Waals surface area contributed by atoms with Gasteiger partial charge in [-0.3, -0.25) is 4.79 Å². The summed E-state index contributed by atoms with van der Waals surface area (Å²) in [7, 11) is 0. The van der Waals surface area contributed by atoms with Gasteiger partial charge in [-0.25, -0.2) is 4.39 Å². The van der Waals surface area contributed by atoms with Gasteiger partial charge in [0.1, 0.15) is 5.82 Å². The third-order valence-corrected chi connectivity index (χ3v) is 3.45. The number of benzene rings is 1. The first-order valence-corrected chi connectivity index (χ1v) is 6.45. The molecule has 2 N–H and O–H groups in total. The van der Waals surface area contributed by atoms with Crippen LogP contribution < -0.4 is 5.73 Å². The van der Waals surface area contributed by atoms with E-state index in [9.17, 15) is 9.18 Å². The molecule has 0 aliphatic carbocycles. The van der Waals surface area contributed by atoms with Crippen molar-refractivity contribution in [1.82, 2.24) is 4.90 Å². The van der Waals surface area contributed by atoms with Gasteiger partial charge in [0.2, 0.25) is 0 Å². The van der Waals surface area contributed by atoms with E-state index >= 15 is 0 Å². The van der Waals surface area contributed by atoms with E-state index in [1.54, 1.807) is 12.1 Å². The van der Waals surface area contributed by atoms with Crippen molar-refractivity contribution >= 4 is 5.91 Å². The van der Waals surface area contributed by atoms with Crippen molar-refractivity contribution in [2.45, 2.75) is 19.3 Å². The summed E-state index contributed by atoms with van der Waals surface area (Å²) in [5, 5.41) is 0. The van der Waals surface area contributed by atoms with Gasteiger partial charge >= 0.3 is 0 Å². The highest BCUT2D eigenvalue weighted by Gasteiger charge is 2.24. The van der Waals surface area contributed by atoms with E-state index in [1.165, 1.54) is 12.1 Å². The summed E-state index contributed by atoms with van der Waals surface area (Å²) in [4.78, 5) is 14.0. The predicted octanol–water partition coefficient (Wildman–Crippen LogP) is 2.03. The zero-order chi connectivity index (χ0) is 13.0. The van der Waals surface area contributed by atoms with Crippen LogP contribution in [0.5, 0.6) is 0 Å². The Bertz CT molecular complexity index is 420. The van der Waals surface area contributed by atoms with Crippen LogP contribution in [0.2, 0.25) is 0 Å². The molecular formula is C14H19FN2O. The number of carbonyl (C=O) groups excluding carboxylic acids is 1. The number of hydrogen-bond acceptors (Lipinski definition) is 2. The number of halogens is 1. The van der Waals surface area contributed by atoms with Crippen LogP contribution in [0.15, 0.2) is 24.3 Å². The molecule has 1 fully saturated rings. The molecule has 0 bridgehead atoms. The standard InChI is InChI=1S/C14H19FN2O/c15-13-5-1-4-12(9-13)14(18)17-8-2-3-11(10-17)6-7-16/h1,4-5,9,11H,2-3,6-8,10,16H2. The lowest BCUT2D eigenvalue weighted by atomic mass is 9.94. The third-order valence-electron chi connectivity index (χ3n) is 3.45. The average molecular weight is 250 g/mol. The summed E-state index contributed by atoms with van der Waals surface area (Å²) in [5.41, 5.74) is 5.99. The molecule has 4 heteroatoms. The normalized spacial score (nSPS) is 19.9. The maximum atomic E-state index is 13.1. The fourth-order valence-corrected chi connectivity index (χ4v) is 2.52. The lowest BCUT2D eigenvalue weighted by molar-refractivity contribution is 0.0669. The Labute approximate surface area is 107 Å². The molecule has 1 aromatic carbocycles. The van der Waals surface area contributed by atoms with Gasteiger partial charge < -0.3 is 10.6 Å². The molecule has 1 amide bonds. The molecule has 0 spiro atoms. The van der Waals surface area contributed by atoms with E-state index in [-0.39, 0.29) is 11.7 Å². The Hall–Kier alpha value is -1.42. The summed E-state index contributed by atoms with van der Waals surface area (Å²) in [6.07, 6.45) is 3.09. The van der Waals surface area contributed by atoms with E-state index in [0.29, 0.717) is 18.0 Å². The van der Waals surface area contributed by atoms with Gasteiger partial charge in [0, 0.05) is 18.7 Å². The first-order chi connectivity index (χ1) is 8.70. The van der Waals surface area contributed by atoms with Crippen LogP contribution in [0, 0.1) is 11.7 Å². The minimum atomic E-state index is -0.364. The molecule has 0 saturated carbocycles. The van der Waals surface area contributed by atoms with Crippen molar-refractivity contribution in [2.75, 3.05) is 19.6 Å². The lowest BCUT2D eigenvalue weighted by Crippen LogP contribution is -2.40. The molecule has 1 unspecified atom stereocenters. The molecule has 0 radical (unpaired) electrons. The molecule has 1 atom stereocenters. The summed E-state index contributed by atoms with van der Waals surface area (Å²) in [5.74, 6) is 0.0499. The molecule has 1 aromatic rings. The highest BCUT2D eigenvalue weighted by molar-refractivity contribution is 5.94. The van der Waals surface area contributed by atoms with E-state index in [2.05, 4.69) is 0 Å². The molecule has 3 nitrogen and oxygen atoms in total. The summed E-state index contributed by atoms with van der Waals surface area (Å²) in [6.45, 7) is 2.16. The number of carbonyl (C=O) groups is 1. The number of nitrogens with zero attached hydrogens (tertiary/aromatic N) is 1. The Morgan fingerprint density at radius 1 is 1.50 bits per heavy atom. The Morgan fingerprint density at radius 2 is 2.33 bits per heavy atom. The first kappa shape index (κ1) is 13.0. The molecule has 1 aliphatic rings. The highest BCUT2D eigenvalue weighted by Crippen LogP contribution is 2.20. The highest BCUT2D eigenvalue weighted by atomic mass is 19.1. The Balaban J connectivity index is 2.04. The third kappa shape index (κ3) is 3.07. The van der Waals surface area contributed by atoms with Gasteiger partial charge in [-0.2, -0.15) is 0 Å². The second-order valence-corrected chi connectivity index (χ2v) is 4.85. The monoisotopic (exact) mass is 250 g/mol. The lowest BCUT2D eigenvalue weighted by Gasteiger charge is -2.32. The second kappa shape index (κ2) is 5.96. The van der Waals surface area contributed by atoms with Crippen molar-refractivity contribution in [3.8, 4) is 0 Å². The van der Waals surface area contributed by atoms with Gasteiger partial charge in [0.15, 0.2) is 0 Å². The van der Waals surface area contributed by atoms with Crippen molar-refractivity contribution in [3.63, 3.8) is 0 Å². The number of nitrogens with two attached hydrogens (primary N) is 1. The van der Waals surface area contributed by atoms with E-state index in [0.717, 1.165) is 32.4 Å². The van der Waals surface area contributed by atoms with Crippen LogP contribution >= 0.6 is 0 Å². The molecule has 1 saturated heterocycles. The number of rotatable bonds is 3. The quantitative estimate of drug-likeness (QED) is 0.892. The maximum Gasteiger partial charge on any atom is 0.253 e. The first-order valence-electron chi connectivity index (χ1n) is 6.45. The van der Waals surface area contributed by atoms with E-state index in [1.807, 2.05) is 4.90 Å². The summed E-state index contributed by atoms with van der Waals surface area (Å²) < 4.78 is 13.1. The average Bonchev–Trinajstić information content (AvgIpc) is 2.39. The van der Waals surface area contributed by atoms with Crippen LogP contribution in [-0.2, 0) is 0 Å². The number of likely N-dealkylation sites (tertiary alicyclic amines) is 1. The number of hydrogen-bond donors (Lipinski definition) is 1. The van der Waals surface area contributed by atoms with Crippen LogP contribution in [0.3, 0.4) is 0 Å². The Kier molecular flexibility index (Phi) is 4.31. The SMILES string of the molecule is NCCC1CCCN(C(=O)c2cccc(F)c2)C1. The topological polar surface area (TPSA) is 46.3 Å². The molecular weight excluding hydrogens is 231 g/mol. The van der Waals surface area contributed by atoms with Crippen LogP contribution in [0.25, 0.3) is 0 Å². The Morgan fingerprint density at radius 3 is 3.06 bits per heavy atom. The van der Waals surface area contributed by atoms with E-state index in [4.69, 9.17) is 5.73 Å². The molecule has 1 aliphatic heterocycles. The van der Waals surface area contributed by atoms with Gasteiger partial charge in [0.05, 0.1) is 0 Å². The summed E-state index contributed by atoms with van der Waals surface area (Å²) >= 11 is 0. The zero-order valence-corrected chi connectivity index (χ0v) is 10.4. The fraction of sp³-hybridized carbons (Fsp3) is 0.500. The van der Waals surface area contributed by atoms with Crippen molar-refractivity contribution in [2.24, 2.45) is 11.7 Å². The predicted molar refractivity (Wildman–Crippen MR) is 68.7 cm³/mol. The van der Waals surface area contributed by atoms with Gasteiger partial charge in [-0.15, -0.1) is 0 Å². The van der Waals surface area contributed by atoms with Crippen LogP contribution in [0.4, 0.5) is 4.39 Å². The van der Waals surface area contributed by atoms with E-state index < -0.39 is 0 Å². The minimum absolute atomic E-state index is 0.0729. The molecule has 98 valence electrons. The number of amides is 1. The van der Waals surface area contributed by atoms with Crippen molar-refractivity contribution < 1.29 is 9.18 Å².